The number of carbonyl (C=O) groups excluding carboxylic acids is 1. The van der Waals surface area contributed by atoms with Gasteiger partial charge < -0.3 is 13.6 Å². The van der Waals surface area contributed by atoms with Crippen LogP contribution in [-0.4, -0.2) is 41.4 Å². The predicted molar refractivity (Wildman–Crippen MR) is 168 cm³/mol. The molecule has 0 heterocycles. The fourth-order valence-electron chi connectivity index (χ4n) is 3.78. The van der Waals surface area contributed by atoms with Gasteiger partial charge in [0.2, 0.25) is 0 Å². The summed E-state index contributed by atoms with van der Waals surface area (Å²) >= 11 is 0. The number of unbranched alkanes of at least 4 members (excludes halogenated alkanes) is 1. The van der Waals surface area contributed by atoms with E-state index in [1.165, 1.54) is 5.56 Å². The van der Waals surface area contributed by atoms with Gasteiger partial charge in [0.05, 0.1) is 18.1 Å². The third-order valence-electron chi connectivity index (χ3n) is 8.43. The summed E-state index contributed by atoms with van der Waals surface area (Å²) in [5.41, 5.74) is 0.900. The molecule has 220 valence electrons. The van der Waals surface area contributed by atoms with Crippen LogP contribution in [-0.2, 0) is 24.8 Å². The molecule has 4 nitrogen and oxygen atoms in total. The van der Waals surface area contributed by atoms with Crippen LogP contribution in [0.5, 0.6) is 0 Å². The first-order valence-electron chi connectivity index (χ1n) is 14.7. The highest BCUT2D eigenvalue weighted by Crippen LogP contribution is 2.40. The van der Waals surface area contributed by atoms with Gasteiger partial charge in [0.25, 0.3) is 0 Å². The number of esters is 1. The molecule has 0 saturated heterocycles. The van der Waals surface area contributed by atoms with E-state index in [0.717, 1.165) is 32.1 Å². The molecule has 0 aliphatic heterocycles. The van der Waals surface area contributed by atoms with Crippen molar-refractivity contribution in [1.82, 2.24) is 0 Å². The molecule has 0 saturated carbocycles. The molecule has 0 bridgehead atoms. The van der Waals surface area contributed by atoms with Crippen LogP contribution in [0.1, 0.15) is 100.0 Å². The Morgan fingerprint density at radius 2 is 1.21 bits per heavy atom. The summed E-state index contributed by atoms with van der Waals surface area (Å²) < 4.78 is 19.7. The second-order valence-corrected chi connectivity index (χ2v) is 24.7. The van der Waals surface area contributed by atoms with Crippen molar-refractivity contribution in [2.75, 3.05) is 6.61 Å². The number of aryl methyl sites for hydroxylation is 1. The standard InChI is InChI=1S/C32H60O4Si2/c1-30(2,3)29(33)34-24-23-28(36-38(12,13)32(7,8)9)25-27(35-37(10,11)31(4,5)6)22-18-17-21-26-19-15-14-16-20-26/h14-16,19-20,27-28H,17-18,21-25H2,1-13H3/t27-,28+/m1/s1. The molecule has 0 N–H and O–H groups in total. The summed E-state index contributed by atoms with van der Waals surface area (Å²) in [6.45, 7) is 29.2. The largest absolute Gasteiger partial charge is 0.465 e. The van der Waals surface area contributed by atoms with Crippen molar-refractivity contribution in [3.8, 4) is 0 Å². The van der Waals surface area contributed by atoms with Crippen LogP contribution < -0.4 is 0 Å². The van der Waals surface area contributed by atoms with Crippen LogP contribution in [0.3, 0.4) is 0 Å². The molecular formula is C32H60O4Si2. The molecule has 0 fully saturated rings. The van der Waals surface area contributed by atoms with Crippen molar-refractivity contribution in [3.63, 3.8) is 0 Å². The molecule has 6 heteroatoms. The van der Waals surface area contributed by atoms with E-state index in [1.54, 1.807) is 0 Å². The van der Waals surface area contributed by atoms with Gasteiger partial charge in [-0.1, -0.05) is 78.3 Å². The number of benzene rings is 1. The third-order valence-corrected chi connectivity index (χ3v) is 17.5. The summed E-state index contributed by atoms with van der Waals surface area (Å²) in [7, 11) is -3.97. The molecule has 1 aromatic rings. The van der Waals surface area contributed by atoms with Crippen molar-refractivity contribution in [3.05, 3.63) is 35.9 Å². The van der Waals surface area contributed by atoms with E-state index in [0.29, 0.717) is 13.0 Å². The fourth-order valence-corrected chi connectivity index (χ4v) is 6.58. The first-order valence-corrected chi connectivity index (χ1v) is 20.5. The van der Waals surface area contributed by atoms with Crippen molar-refractivity contribution in [2.24, 2.45) is 5.41 Å². The van der Waals surface area contributed by atoms with Gasteiger partial charge in [-0.05, 0) is 88.3 Å². The number of carbonyl (C=O) groups is 1. The molecule has 0 radical (unpaired) electrons. The Morgan fingerprint density at radius 3 is 1.66 bits per heavy atom. The normalized spacial score (nSPS) is 15.3. The van der Waals surface area contributed by atoms with E-state index >= 15 is 0 Å². The average Bonchev–Trinajstić information content (AvgIpc) is 2.74. The highest BCUT2D eigenvalue weighted by atomic mass is 28.4. The van der Waals surface area contributed by atoms with Crippen molar-refractivity contribution < 1.29 is 18.4 Å². The average molecular weight is 565 g/mol. The van der Waals surface area contributed by atoms with Gasteiger partial charge in [0, 0.05) is 12.5 Å². The molecule has 2 atom stereocenters. The smallest absolute Gasteiger partial charge is 0.311 e. The molecule has 1 aromatic carbocycles. The molecule has 0 aliphatic carbocycles. The molecule has 0 spiro atoms. The van der Waals surface area contributed by atoms with Gasteiger partial charge in [-0.15, -0.1) is 0 Å². The minimum Gasteiger partial charge on any atom is -0.465 e. The second-order valence-electron chi connectivity index (χ2n) is 15.1. The van der Waals surface area contributed by atoms with Crippen molar-refractivity contribution >= 4 is 22.6 Å². The van der Waals surface area contributed by atoms with Crippen LogP contribution in [0.25, 0.3) is 0 Å². The summed E-state index contributed by atoms with van der Waals surface area (Å²) in [5, 5.41) is 0.256. The summed E-state index contributed by atoms with van der Waals surface area (Å²) in [6.07, 6.45) is 6.09. The molecule has 0 aromatic heterocycles. The molecule has 0 unspecified atom stereocenters. The van der Waals surface area contributed by atoms with E-state index in [1.807, 2.05) is 20.8 Å². The zero-order chi connectivity index (χ0) is 29.4. The molecule has 38 heavy (non-hydrogen) atoms. The van der Waals surface area contributed by atoms with Crippen LogP contribution in [0.4, 0.5) is 0 Å². The quantitative estimate of drug-likeness (QED) is 0.128. The van der Waals surface area contributed by atoms with Gasteiger partial charge in [0.1, 0.15) is 0 Å². The molecular weight excluding hydrogens is 505 g/mol. The van der Waals surface area contributed by atoms with Gasteiger partial charge in [-0.2, -0.15) is 0 Å². The lowest BCUT2D eigenvalue weighted by Crippen LogP contribution is -2.47. The van der Waals surface area contributed by atoms with Crippen LogP contribution in [0.15, 0.2) is 30.3 Å². The Bertz CT molecular complexity index is 830. The number of rotatable bonds is 14. The van der Waals surface area contributed by atoms with Crippen molar-refractivity contribution in [2.45, 2.75) is 149 Å². The second kappa shape index (κ2) is 14.1. The first-order chi connectivity index (χ1) is 17.2. The number of ether oxygens (including phenoxy) is 1. The lowest BCUT2D eigenvalue weighted by Gasteiger charge is -2.42. The van der Waals surface area contributed by atoms with Crippen LogP contribution in [0.2, 0.25) is 36.3 Å². The predicted octanol–water partition coefficient (Wildman–Crippen LogP) is 9.55. The summed E-state index contributed by atoms with van der Waals surface area (Å²) in [4.78, 5) is 12.4. The van der Waals surface area contributed by atoms with Crippen molar-refractivity contribution in [1.29, 1.82) is 0 Å². The Hall–Kier alpha value is -0.956. The Morgan fingerprint density at radius 1 is 0.737 bits per heavy atom. The number of hydrogen-bond acceptors (Lipinski definition) is 4. The monoisotopic (exact) mass is 564 g/mol. The zero-order valence-corrected chi connectivity index (χ0v) is 29.1. The van der Waals surface area contributed by atoms with E-state index in [2.05, 4.69) is 98.1 Å². The van der Waals surface area contributed by atoms with E-state index in [9.17, 15) is 4.79 Å². The maximum atomic E-state index is 12.4. The van der Waals surface area contributed by atoms with Gasteiger partial charge in [0.15, 0.2) is 16.6 Å². The molecule has 0 amide bonds. The maximum Gasteiger partial charge on any atom is 0.311 e. The Kier molecular flexibility index (Phi) is 13.0. The van der Waals surface area contributed by atoms with Gasteiger partial charge in [-0.25, -0.2) is 0 Å². The third kappa shape index (κ3) is 12.1. The first kappa shape index (κ1) is 35.1. The Balaban J connectivity index is 3.04. The molecule has 0 aliphatic rings. The molecule has 1 rings (SSSR count). The van der Waals surface area contributed by atoms with Gasteiger partial charge in [-0.3, -0.25) is 4.79 Å². The Labute approximate surface area is 237 Å². The van der Waals surface area contributed by atoms with E-state index in [4.69, 9.17) is 13.6 Å². The minimum atomic E-state index is -2.01. The lowest BCUT2D eigenvalue weighted by atomic mass is 9.97. The maximum absolute atomic E-state index is 12.4. The van der Waals surface area contributed by atoms with Gasteiger partial charge >= 0.3 is 5.97 Å². The van der Waals surface area contributed by atoms with Crippen LogP contribution >= 0.6 is 0 Å². The SMILES string of the molecule is CC(C)(C)C(=O)OCC[C@@H](C[C@@H](CCCCc1ccccc1)O[Si](C)(C)C(C)(C)C)O[Si](C)(C)C(C)(C)C. The highest BCUT2D eigenvalue weighted by molar-refractivity contribution is 6.74. The zero-order valence-electron chi connectivity index (χ0n) is 27.1. The van der Waals surface area contributed by atoms with E-state index in [-0.39, 0.29) is 28.3 Å². The summed E-state index contributed by atoms with van der Waals surface area (Å²) in [5.74, 6) is -0.154. The topological polar surface area (TPSA) is 44.8 Å². The minimum absolute atomic E-state index is 0.00699. The summed E-state index contributed by atoms with van der Waals surface area (Å²) in [6, 6.07) is 10.7. The van der Waals surface area contributed by atoms with Crippen LogP contribution in [0, 0.1) is 5.41 Å². The lowest BCUT2D eigenvalue weighted by molar-refractivity contribution is -0.153. The van der Waals surface area contributed by atoms with E-state index < -0.39 is 22.0 Å². The number of hydrogen-bond donors (Lipinski definition) is 0. The fraction of sp³-hybridized carbons (Fsp3) is 0.781. The highest BCUT2D eigenvalue weighted by Gasteiger charge is 2.42.